The van der Waals surface area contributed by atoms with Gasteiger partial charge in [-0.25, -0.2) is 4.39 Å². The number of carbonyl (C=O) groups is 1. The van der Waals surface area contributed by atoms with E-state index in [0.29, 0.717) is 5.69 Å². The van der Waals surface area contributed by atoms with Crippen LogP contribution in [0, 0.1) is 11.7 Å². The fourth-order valence-electron chi connectivity index (χ4n) is 3.96. The quantitative estimate of drug-likeness (QED) is 0.623. The van der Waals surface area contributed by atoms with Crippen LogP contribution in [-0.2, 0) is 4.79 Å². The van der Waals surface area contributed by atoms with Gasteiger partial charge in [-0.2, -0.15) is 0 Å². The number of halogens is 1. The highest BCUT2D eigenvalue weighted by Gasteiger charge is 2.26. The Morgan fingerprint density at radius 2 is 1.84 bits per heavy atom. The molecule has 1 N–H and O–H groups in total. The largest absolute Gasteiger partial charge is 0.497 e. The van der Waals surface area contributed by atoms with E-state index in [-0.39, 0.29) is 23.7 Å². The number of nitrogens with one attached hydrogen (secondary N) is 1. The van der Waals surface area contributed by atoms with Gasteiger partial charge in [0, 0.05) is 24.6 Å². The van der Waals surface area contributed by atoms with Crippen LogP contribution < -0.4 is 15.0 Å². The van der Waals surface area contributed by atoms with Gasteiger partial charge < -0.3 is 15.0 Å². The molecule has 32 heavy (non-hydrogen) atoms. The lowest BCUT2D eigenvalue weighted by atomic mass is 9.95. The molecule has 0 radical (unpaired) electrons. The second kappa shape index (κ2) is 9.77. The average molecular weight is 435 g/mol. The third kappa shape index (κ3) is 5.04. The molecule has 1 unspecified atom stereocenters. The van der Waals surface area contributed by atoms with Crippen LogP contribution in [0.1, 0.15) is 31.4 Å². The normalized spacial score (nSPS) is 15.3. The molecule has 7 heteroatoms. The van der Waals surface area contributed by atoms with Crippen LogP contribution in [-0.4, -0.2) is 36.3 Å². The van der Waals surface area contributed by atoms with E-state index in [1.165, 1.54) is 12.1 Å². The van der Waals surface area contributed by atoms with Crippen LogP contribution in [0.4, 0.5) is 10.2 Å². The van der Waals surface area contributed by atoms with Crippen LogP contribution >= 0.6 is 0 Å². The number of hydrogen-bond donors (Lipinski definition) is 1. The molecule has 1 aliphatic rings. The highest BCUT2D eigenvalue weighted by Crippen LogP contribution is 2.25. The number of carbonyl (C=O) groups excluding carboxylic acids is 1. The molecule has 0 spiro atoms. The summed E-state index contributed by atoms with van der Waals surface area (Å²) < 4.78 is 18.4. The minimum atomic E-state index is -0.275. The maximum Gasteiger partial charge on any atom is 0.223 e. The van der Waals surface area contributed by atoms with E-state index >= 15 is 0 Å². The van der Waals surface area contributed by atoms with E-state index < -0.39 is 0 Å². The number of piperidine rings is 1. The van der Waals surface area contributed by atoms with Crippen LogP contribution in [0.5, 0.6) is 5.75 Å². The van der Waals surface area contributed by atoms with E-state index in [1.807, 2.05) is 43.3 Å². The van der Waals surface area contributed by atoms with Crippen LogP contribution in [0.15, 0.2) is 60.7 Å². The summed E-state index contributed by atoms with van der Waals surface area (Å²) in [7, 11) is 1.64. The summed E-state index contributed by atoms with van der Waals surface area (Å²) in [4.78, 5) is 14.9. The maximum atomic E-state index is 13.1. The monoisotopic (exact) mass is 434 g/mol. The molecule has 0 saturated carbocycles. The lowest BCUT2D eigenvalue weighted by molar-refractivity contribution is -0.126. The molecule has 2 aromatic carbocycles. The molecule has 0 aliphatic carbocycles. The zero-order valence-electron chi connectivity index (χ0n) is 18.3. The molecule has 3 aromatic rings. The summed E-state index contributed by atoms with van der Waals surface area (Å²) in [5.74, 6) is 1.36. The molecular weight excluding hydrogens is 407 g/mol. The topological polar surface area (TPSA) is 67.3 Å². The number of methoxy groups -OCH3 is 1. The molecule has 0 bridgehead atoms. The number of aromatic nitrogens is 2. The minimum absolute atomic E-state index is 0.0224. The third-order valence-electron chi connectivity index (χ3n) is 5.93. The van der Waals surface area contributed by atoms with E-state index in [9.17, 15) is 9.18 Å². The molecule has 4 rings (SSSR count). The van der Waals surface area contributed by atoms with Gasteiger partial charge in [0.1, 0.15) is 11.6 Å². The first-order valence-corrected chi connectivity index (χ1v) is 10.8. The second-order valence-electron chi connectivity index (χ2n) is 8.05. The zero-order chi connectivity index (χ0) is 22.5. The highest BCUT2D eigenvalue weighted by molar-refractivity contribution is 5.79. The van der Waals surface area contributed by atoms with E-state index in [1.54, 1.807) is 19.2 Å². The van der Waals surface area contributed by atoms with Crippen molar-refractivity contribution >= 4 is 11.7 Å². The Morgan fingerprint density at radius 3 is 2.50 bits per heavy atom. The van der Waals surface area contributed by atoms with Gasteiger partial charge in [0.15, 0.2) is 5.82 Å². The summed E-state index contributed by atoms with van der Waals surface area (Å²) in [6, 6.07) is 17.7. The van der Waals surface area contributed by atoms with Crippen LogP contribution in [0.25, 0.3) is 11.3 Å². The fraction of sp³-hybridized carbons (Fsp3) is 0.320. The number of anilines is 1. The minimum Gasteiger partial charge on any atom is -0.497 e. The van der Waals surface area contributed by atoms with Crippen molar-refractivity contribution in [3.05, 3.63) is 72.0 Å². The number of rotatable bonds is 6. The Kier molecular flexibility index (Phi) is 6.63. The smallest absolute Gasteiger partial charge is 0.223 e. The van der Waals surface area contributed by atoms with Gasteiger partial charge in [0.25, 0.3) is 0 Å². The van der Waals surface area contributed by atoms with Crippen molar-refractivity contribution in [2.24, 2.45) is 5.92 Å². The van der Waals surface area contributed by atoms with Gasteiger partial charge in [0.05, 0.1) is 18.8 Å². The summed E-state index contributed by atoms with van der Waals surface area (Å²) in [5.41, 5.74) is 2.55. The third-order valence-corrected chi connectivity index (χ3v) is 5.93. The van der Waals surface area contributed by atoms with Gasteiger partial charge in [-0.1, -0.05) is 12.1 Å². The second-order valence-corrected chi connectivity index (χ2v) is 8.05. The molecule has 166 valence electrons. The summed E-state index contributed by atoms with van der Waals surface area (Å²) in [6.45, 7) is 3.48. The maximum absolute atomic E-state index is 13.1. The van der Waals surface area contributed by atoms with Crippen molar-refractivity contribution in [3.63, 3.8) is 0 Å². The van der Waals surface area contributed by atoms with E-state index in [2.05, 4.69) is 20.4 Å². The summed E-state index contributed by atoms with van der Waals surface area (Å²) in [5, 5.41) is 11.8. The zero-order valence-corrected chi connectivity index (χ0v) is 18.3. The predicted molar refractivity (Wildman–Crippen MR) is 122 cm³/mol. The molecule has 1 aliphatic heterocycles. The average Bonchev–Trinajstić information content (AvgIpc) is 2.84. The number of benzene rings is 2. The number of amides is 1. The Morgan fingerprint density at radius 1 is 1.09 bits per heavy atom. The SMILES string of the molecule is COc1cccc(C(C)NC(=O)C2CCN(c3ccc(-c4ccc(F)cc4)nn3)CC2)c1. The highest BCUT2D eigenvalue weighted by atomic mass is 19.1. The molecule has 1 aromatic heterocycles. The molecule has 1 amide bonds. The Labute approximate surface area is 187 Å². The van der Waals surface area contributed by atoms with Gasteiger partial charge in [0.2, 0.25) is 5.91 Å². The van der Waals surface area contributed by atoms with Crippen LogP contribution in [0.2, 0.25) is 0 Å². The van der Waals surface area contributed by atoms with E-state index in [0.717, 1.165) is 48.6 Å². The number of hydrogen-bond acceptors (Lipinski definition) is 5. The van der Waals surface area contributed by atoms with Crippen molar-refractivity contribution in [1.29, 1.82) is 0 Å². The van der Waals surface area contributed by atoms with Crippen LogP contribution in [0.3, 0.4) is 0 Å². The predicted octanol–water partition coefficient (Wildman–Crippen LogP) is 4.39. The lowest BCUT2D eigenvalue weighted by Gasteiger charge is -2.32. The Balaban J connectivity index is 1.31. The lowest BCUT2D eigenvalue weighted by Crippen LogP contribution is -2.41. The van der Waals surface area contributed by atoms with Gasteiger partial charge >= 0.3 is 0 Å². The first-order valence-electron chi connectivity index (χ1n) is 10.8. The number of nitrogens with zero attached hydrogens (tertiary/aromatic N) is 3. The molecule has 2 heterocycles. The summed E-state index contributed by atoms with van der Waals surface area (Å²) >= 11 is 0. The van der Waals surface area contributed by atoms with Gasteiger partial charge in [-0.15, -0.1) is 10.2 Å². The van der Waals surface area contributed by atoms with Crippen molar-refractivity contribution < 1.29 is 13.9 Å². The first-order chi connectivity index (χ1) is 15.5. The first kappa shape index (κ1) is 21.7. The molecule has 1 fully saturated rings. The standard InChI is InChI=1S/C25H27FN4O2/c1-17(20-4-3-5-22(16-20)32-2)27-25(31)19-12-14-30(15-13-19)24-11-10-23(28-29-24)18-6-8-21(26)9-7-18/h3-11,16-17,19H,12-15H2,1-2H3,(H,27,31). The summed E-state index contributed by atoms with van der Waals surface area (Å²) in [6.07, 6.45) is 1.52. The van der Waals surface area contributed by atoms with Gasteiger partial charge in [-0.3, -0.25) is 4.79 Å². The molecule has 1 atom stereocenters. The molecule has 1 saturated heterocycles. The molecular formula is C25H27FN4O2. The Bertz CT molecular complexity index is 1050. The van der Waals surface area contributed by atoms with Crippen molar-refractivity contribution in [2.45, 2.75) is 25.8 Å². The van der Waals surface area contributed by atoms with Gasteiger partial charge in [-0.05, 0) is 73.9 Å². The van der Waals surface area contributed by atoms with Crippen molar-refractivity contribution in [2.75, 3.05) is 25.1 Å². The van der Waals surface area contributed by atoms with Crippen molar-refractivity contribution in [1.82, 2.24) is 15.5 Å². The number of ether oxygens (including phenoxy) is 1. The molecule has 6 nitrogen and oxygen atoms in total. The fourth-order valence-corrected chi connectivity index (χ4v) is 3.96. The Hall–Kier alpha value is -3.48. The van der Waals surface area contributed by atoms with Crippen molar-refractivity contribution in [3.8, 4) is 17.0 Å². The van der Waals surface area contributed by atoms with E-state index in [4.69, 9.17) is 4.74 Å².